The molecule has 0 radical (unpaired) electrons. The normalized spacial score (nSPS) is 27.1. The van der Waals surface area contributed by atoms with E-state index in [0.717, 1.165) is 19.6 Å². The monoisotopic (exact) mass is 275 g/mol. The maximum Gasteiger partial charge on any atom is 0.255 e. The van der Waals surface area contributed by atoms with E-state index in [0.29, 0.717) is 11.6 Å². The van der Waals surface area contributed by atoms with Gasteiger partial charge < -0.3 is 10.0 Å². The van der Waals surface area contributed by atoms with E-state index < -0.39 is 0 Å². The Kier molecular flexibility index (Phi) is 3.61. The SMILES string of the molecule is CC1CN2CCCCC2CN1C(=O)c1cncc(O)c1. The molecule has 0 spiro atoms. The lowest BCUT2D eigenvalue weighted by molar-refractivity contribution is 0.0151. The summed E-state index contributed by atoms with van der Waals surface area (Å²) >= 11 is 0. The number of aromatic hydroxyl groups is 1. The summed E-state index contributed by atoms with van der Waals surface area (Å²) in [6.07, 6.45) is 6.58. The zero-order valence-electron chi connectivity index (χ0n) is 11.8. The number of carbonyl (C=O) groups excluding carboxylic acids is 1. The first-order chi connectivity index (χ1) is 9.65. The average Bonchev–Trinajstić information content (AvgIpc) is 2.46. The molecule has 1 aromatic rings. The Morgan fingerprint density at radius 3 is 3.00 bits per heavy atom. The van der Waals surface area contributed by atoms with Crippen molar-refractivity contribution in [3.8, 4) is 5.75 Å². The number of nitrogens with zero attached hydrogens (tertiary/aromatic N) is 3. The number of pyridine rings is 1. The maximum absolute atomic E-state index is 12.6. The van der Waals surface area contributed by atoms with E-state index in [4.69, 9.17) is 0 Å². The van der Waals surface area contributed by atoms with E-state index in [2.05, 4.69) is 16.8 Å². The lowest BCUT2D eigenvalue weighted by Gasteiger charge is -2.47. The van der Waals surface area contributed by atoms with Gasteiger partial charge >= 0.3 is 0 Å². The fraction of sp³-hybridized carbons (Fsp3) is 0.600. The second-order valence-corrected chi connectivity index (χ2v) is 5.88. The number of hydrogen-bond acceptors (Lipinski definition) is 4. The van der Waals surface area contributed by atoms with Crippen LogP contribution >= 0.6 is 0 Å². The molecule has 2 aliphatic heterocycles. The van der Waals surface area contributed by atoms with Crippen LogP contribution in [0.25, 0.3) is 0 Å². The molecule has 2 aliphatic rings. The van der Waals surface area contributed by atoms with E-state index >= 15 is 0 Å². The van der Waals surface area contributed by atoms with Crippen LogP contribution in [0.1, 0.15) is 36.5 Å². The van der Waals surface area contributed by atoms with Gasteiger partial charge in [0.05, 0.1) is 11.8 Å². The standard InChI is InChI=1S/C15H21N3O2/c1-11-9-17-5-3-2-4-13(17)10-18(11)15(20)12-6-14(19)8-16-7-12/h6-8,11,13,19H,2-5,9-10H2,1H3. The number of rotatable bonds is 1. The van der Waals surface area contributed by atoms with Crippen LogP contribution in [0.3, 0.4) is 0 Å². The molecule has 2 fully saturated rings. The zero-order valence-corrected chi connectivity index (χ0v) is 11.8. The molecule has 1 N–H and O–H groups in total. The van der Waals surface area contributed by atoms with Crippen LogP contribution in [0.4, 0.5) is 0 Å². The number of carbonyl (C=O) groups is 1. The minimum Gasteiger partial charge on any atom is -0.506 e. The first-order valence-electron chi connectivity index (χ1n) is 7.34. The Labute approximate surface area is 119 Å². The van der Waals surface area contributed by atoms with Crippen molar-refractivity contribution in [1.82, 2.24) is 14.8 Å². The van der Waals surface area contributed by atoms with Crippen LogP contribution in [0.2, 0.25) is 0 Å². The number of fused-ring (bicyclic) bond motifs is 1. The largest absolute Gasteiger partial charge is 0.506 e. The molecule has 0 aromatic carbocycles. The van der Waals surface area contributed by atoms with E-state index in [1.54, 1.807) is 0 Å². The van der Waals surface area contributed by atoms with Crippen LogP contribution < -0.4 is 0 Å². The topological polar surface area (TPSA) is 56.7 Å². The lowest BCUT2D eigenvalue weighted by atomic mass is 9.96. The molecule has 0 saturated carbocycles. The third kappa shape index (κ3) is 2.50. The van der Waals surface area contributed by atoms with Gasteiger partial charge in [0.2, 0.25) is 0 Å². The third-order valence-electron chi connectivity index (χ3n) is 4.42. The second-order valence-electron chi connectivity index (χ2n) is 5.88. The summed E-state index contributed by atoms with van der Waals surface area (Å²) < 4.78 is 0. The van der Waals surface area contributed by atoms with Crippen molar-refractivity contribution in [1.29, 1.82) is 0 Å². The van der Waals surface area contributed by atoms with Crippen molar-refractivity contribution in [2.45, 2.75) is 38.3 Å². The van der Waals surface area contributed by atoms with Gasteiger partial charge in [0.25, 0.3) is 5.91 Å². The molecule has 1 aromatic heterocycles. The molecule has 0 bridgehead atoms. The van der Waals surface area contributed by atoms with Crippen molar-refractivity contribution in [2.24, 2.45) is 0 Å². The Morgan fingerprint density at radius 1 is 1.35 bits per heavy atom. The molecule has 2 saturated heterocycles. The molecule has 0 aliphatic carbocycles. The van der Waals surface area contributed by atoms with Gasteiger partial charge in [-0.2, -0.15) is 0 Å². The first-order valence-corrected chi connectivity index (χ1v) is 7.34. The van der Waals surface area contributed by atoms with E-state index in [1.807, 2.05) is 4.90 Å². The van der Waals surface area contributed by atoms with Gasteiger partial charge in [0, 0.05) is 31.4 Å². The predicted octanol–water partition coefficient (Wildman–Crippen LogP) is 1.49. The van der Waals surface area contributed by atoms with Crippen molar-refractivity contribution in [3.63, 3.8) is 0 Å². The van der Waals surface area contributed by atoms with Gasteiger partial charge in [-0.05, 0) is 32.4 Å². The van der Waals surface area contributed by atoms with Gasteiger partial charge in [-0.1, -0.05) is 6.42 Å². The van der Waals surface area contributed by atoms with Crippen LogP contribution in [-0.4, -0.2) is 57.5 Å². The van der Waals surface area contributed by atoms with Crippen molar-refractivity contribution >= 4 is 5.91 Å². The minimum absolute atomic E-state index is 0.0221. The highest BCUT2D eigenvalue weighted by Crippen LogP contribution is 2.25. The quantitative estimate of drug-likeness (QED) is 0.843. The summed E-state index contributed by atoms with van der Waals surface area (Å²) in [4.78, 5) is 20.9. The maximum atomic E-state index is 12.6. The van der Waals surface area contributed by atoms with Gasteiger partial charge in [-0.3, -0.25) is 14.7 Å². The summed E-state index contributed by atoms with van der Waals surface area (Å²) in [6, 6.07) is 2.20. The Morgan fingerprint density at radius 2 is 2.20 bits per heavy atom. The third-order valence-corrected chi connectivity index (χ3v) is 4.42. The van der Waals surface area contributed by atoms with Gasteiger partial charge in [-0.25, -0.2) is 0 Å². The summed E-state index contributed by atoms with van der Waals surface area (Å²) in [7, 11) is 0. The van der Waals surface area contributed by atoms with Crippen LogP contribution in [-0.2, 0) is 0 Å². The van der Waals surface area contributed by atoms with Gasteiger partial charge in [-0.15, -0.1) is 0 Å². The summed E-state index contributed by atoms with van der Waals surface area (Å²) in [5.74, 6) is 0.0194. The van der Waals surface area contributed by atoms with Gasteiger partial charge in [0.1, 0.15) is 5.75 Å². The van der Waals surface area contributed by atoms with Crippen molar-refractivity contribution < 1.29 is 9.90 Å². The minimum atomic E-state index is -0.0221. The van der Waals surface area contributed by atoms with E-state index in [1.165, 1.54) is 37.7 Å². The highest BCUT2D eigenvalue weighted by molar-refractivity contribution is 5.94. The Hall–Kier alpha value is -1.62. The Bertz CT molecular complexity index is 506. The smallest absolute Gasteiger partial charge is 0.255 e. The number of piperazine rings is 1. The molecule has 2 atom stereocenters. The van der Waals surface area contributed by atoms with E-state index in [-0.39, 0.29) is 17.7 Å². The number of piperidine rings is 1. The molecule has 5 heteroatoms. The zero-order chi connectivity index (χ0) is 14.1. The molecule has 3 heterocycles. The van der Waals surface area contributed by atoms with Gasteiger partial charge in [0.15, 0.2) is 0 Å². The number of amides is 1. The molecule has 1 amide bonds. The summed E-state index contributed by atoms with van der Waals surface area (Å²) in [5.41, 5.74) is 0.473. The molecular weight excluding hydrogens is 254 g/mol. The second kappa shape index (κ2) is 5.40. The molecule has 108 valence electrons. The highest BCUT2D eigenvalue weighted by Gasteiger charge is 2.35. The van der Waals surface area contributed by atoms with Crippen molar-refractivity contribution in [2.75, 3.05) is 19.6 Å². The molecule has 5 nitrogen and oxygen atoms in total. The number of hydrogen-bond donors (Lipinski definition) is 1. The molecule has 2 unspecified atom stereocenters. The average molecular weight is 275 g/mol. The van der Waals surface area contributed by atoms with Crippen LogP contribution in [0, 0.1) is 0 Å². The highest BCUT2D eigenvalue weighted by atomic mass is 16.3. The molecule has 3 rings (SSSR count). The molecule has 20 heavy (non-hydrogen) atoms. The van der Waals surface area contributed by atoms with Crippen LogP contribution in [0.5, 0.6) is 5.75 Å². The van der Waals surface area contributed by atoms with Crippen molar-refractivity contribution in [3.05, 3.63) is 24.0 Å². The molecular formula is C15H21N3O2. The predicted molar refractivity (Wildman–Crippen MR) is 75.6 cm³/mol. The fourth-order valence-corrected chi connectivity index (χ4v) is 3.35. The van der Waals surface area contributed by atoms with Crippen LogP contribution in [0.15, 0.2) is 18.5 Å². The van der Waals surface area contributed by atoms with E-state index in [9.17, 15) is 9.90 Å². The fourth-order valence-electron chi connectivity index (χ4n) is 3.35. The summed E-state index contributed by atoms with van der Waals surface area (Å²) in [5, 5.41) is 9.47. The summed E-state index contributed by atoms with van der Waals surface area (Å²) in [6.45, 7) is 4.99. The Balaban J connectivity index is 1.77. The number of aromatic nitrogens is 1. The first kappa shape index (κ1) is 13.4. The lowest BCUT2D eigenvalue weighted by Crippen LogP contribution is -2.60.